The van der Waals surface area contributed by atoms with Crippen LogP contribution in [0.1, 0.15) is 23.6 Å². The summed E-state index contributed by atoms with van der Waals surface area (Å²) in [4.78, 5) is 33.8. The van der Waals surface area contributed by atoms with Crippen LogP contribution in [0.3, 0.4) is 0 Å². The van der Waals surface area contributed by atoms with Crippen LogP contribution in [0.5, 0.6) is 0 Å². The maximum absolute atomic E-state index is 13.1. The number of para-hydroxylation sites is 1. The van der Waals surface area contributed by atoms with E-state index in [1.807, 2.05) is 60.9 Å². The van der Waals surface area contributed by atoms with Crippen molar-refractivity contribution in [1.82, 2.24) is 19.4 Å². The first-order chi connectivity index (χ1) is 14.9. The Hall–Kier alpha value is -3.45. The molecule has 0 bridgehead atoms. The minimum atomic E-state index is -0.671. The highest BCUT2D eigenvalue weighted by atomic mass is 16.3. The zero-order valence-corrected chi connectivity index (χ0v) is 17.9. The van der Waals surface area contributed by atoms with E-state index in [1.54, 1.807) is 29.6 Å². The van der Waals surface area contributed by atoms with Crippen LogP contribution in [0.15, 0.2) is 60.6 Å². The molecule has 1 aliphatic rings. The Balaban J connectivity index is 1.85. The average Bonchev–Trinajstić information content (AvgIpc) is 3.23. The smallest absolute Gasteiger partial charge is 0.295 e. The van der Waals surface area contributed by atoms with Crippen LogP contribution in [0.2, 0.25) is 0 Å². The van der Waals surface area contributed by atoms with Crippen molar-refractivity contribution in [3.63, 3.8) is 0 Å². The van der Waals surface area contributed by atoms with E-state index in [9.17, 15) is 14.7 Å². The van der Waals surface area contributed by atoms with Crippen molar-refractivity contribution in [1.29, 1.82) is 0 Å². The van der Waals surface area contributed by atoms with Gasteiger partial charge in [-0.1, -0.05) is 24.3 Å². The fourth-order valence-electron chi connectivity index (χ4n) is 4.23. The number of nitrogens with zero attached hydrogens (tertiary/aromatic N) is 4. The summed E-state index contributed by atoms with van der Waals surface area (Å²) in [7, 11) is 5.82. The van der Waals surface area contributed by atoms with Gasteiger partial charge < -0.3 is 19.5 Å². The predicted octanol–water partition coefficient (Wildman–Crippen LogP) is 2.95. The van der Waals surface area contributed by atoms with E-state index < -0.39 is 17.7 Å². The lowest BCUT2D eigenvalue weighted by Gasteiger charge is -2.25. The van der Waals surface area contributed by atoms with Gasteiger partial charge in [0, 0.05) is 48.6 Å². The minimum Gasteiger partial charge on any atom is -0.507 e. The first kappa shape index (κ1) is 20.8. The van der Waals surface area contributed by atoms with Gasteiger partial charge in [-0.2, -0.15) is 0 Å². The molecule has 1 aromatic carbocycles. The summed E-state index contributed by atoms with van der Waals surface area (Å²) in [6, 6.07) is 10.6. The molecule has 1 fully saturated rings. The van der Waals surface area contributed by atoms with Crippen molar-refractivity contribution in [2.45, 2.75) is 12.5 Å². The molecule has 3 aromatic rings. The highest BCUT2D eigenvalue weighted by Gasteiger charge is 2.46. The van der Waals surface area contributed by atoms with Gasteiger partial charge >= 0.3 is 0 Å². The zero-order chi connectivity index (χ0) is 22.1. The van der Waals surface area contributed by atoms with Crippen molar-refractivity contribution in [3.05, 3.63) is 71.7 Å². The summed E-state index contributed by atoms with van der Waals surface area (Å²) in [5.41, 5.74) is 2.29. The molecule has 3 heterocycles. The lowest BCUT2D eigenvalue weighted by Crippen LogP contribution is -2.32. The molecular weight excluding hydrogens is 392 g/mol. The molecule has 1 atom stereocenters. The lowest BCUT2D eigenvalue weighted by molar-refractivity contribution is -0.139. The first-order valence-electron chi connectivity index (χ1n) is 10.3. The van der Waals surface area contributed by atoms with Crippen molar-refractivity contribution in [2.24, 2.45) is 7.05 Å². The van der Waals surface area contributed by atoms with Crippen LogP contribution in [-0.4, -0.2) is 63.3 Å². The van der Waals surface area contributed by atoms with Gasteiger partial charge in [0.05, 0.1) is 11.6 Å². The van der Waals surface area contributed by atoms with Gasteiger partial charge in [-0.25, -0.2) is 0 Å². The van der Waals surface area contributed by atoms with Gasteiger partial charge in [-0.05, 0) is 44.8 Å². The Morgan fingerprint density at radius 2 is 1.94 bits per heavy atom. The Bertz CT molecular complexity index is 1160. The molecule has 0 saturated carbocycles. The van der Waals surface area contributed by atoms with Crippen molar-refractivity contribution in [2.75, 3.05) is 27.2 Å². The molecule has 0 spiro atoms. The number of fused-ring (bicyclic) bond motifs is 1. The summed E-state index contributed by atoms with van der Waals surface area (Å²) in [5.74, 6) is -1.40. The number of ketones is 1. The summed E-state index contributed by atoms with van der Waals surface area (Å²) < 4.78 is 1.90. The van der Waals surface area contributed by atoms with E-state index in [-0.39, 0.29) is 11.3 Å². The molecule has 1 saturated heterocycles. The van der Waals surface area contributed by atoms with E-state index in [1.165, 1.54) is 0 Å². The monoisotopic (exact) mass is 418 g/mol. The fraction of sp³-hybridized carbons (Fsp3) is 0.292. The summed E-state index contributed by atoms with van der Waals surface area (Å²) in [6.07, 6.45) is 5.79. The summed E-state index contributed by atoms with van der Waals surface area (Å²) >= 11 is 0. The van der Waals surface area contributed by atoms with E-state index >= 15 is 0 Å². The number of benzene rings is 1. The number of amides is 1. The molecule has 7 heteroatoms. The number of carbonyl (C=O) groups excluding carboxylic acids is 2. The summed E-state index contributed by atoms with van der Waals surface area (Å²) in [6.45, 7) is 1.20. The number of rotatable bonds is 6. The molecule has 31 heavy (non-hydrogen) atoms. The Morgan fingerprint density at radius 1 is 1.16 bits per heavy atom. The normalized spacial score (nSPS) is 18.5. The first-order valence-corrected chi connectivity index (χ1v) is 10.3. The maximum Gasteiger partial charge on any atom is 0.295 e. The molecule has 1 aliphatic heterocycles. The topological polar surface area (TPSA) is 78.7 Å². The van der Waals surface area contributed by atoms with Crippen molar-refractivity contribution in [3.8, 4) is 0 Å². The van der Waals surface area contributed by atoms with Gasteiger partial charge in [0.15, 0.2) is 0 Å². The SMILES string of the molecule is CN(C)CCCN1C(=O)C(=O)/C(=C(/O)c2cn(C)c3ccccc23)[C@H]1c1cccnc1. The van der Waals surface area contributed by atoms with E-state index in [0.29, 0.717) is 24.1 Å². The molecule has 1 amide bonds. The highest BCUT2D eigenvalue weighted by Crippen LogP contribution is 2.40. The average molecular weight is 418 g/mol. The van der Waals surface area contributed by atoms with Gasteiger partial charge in [-0.15, -0.1) is 0 Å². The van der Waals surface area contributed by atoms with Crippen molar-refractivity contribution >= 4 is 28.4 Å². The second-order valence-electron chi connectivity index (χ2n) is 8.11. The number of Topliss-reactive ketones (excluding diaryl/α,β-unsaturated/α-hetero) is 1. The molecule has 2 aromatic heterocycles. The molecule has 7 nitrogen and oxygen atoms in total. The number of hydrogen-bond acceptors (Lipinski definition) is 5. The van der Waals surface area contributed by atoms with Crippen LogP contribution < -0.4 is 0 Å². The van der Waals surface area contributed by atoms with Crippen LogP contribution in [0.4, 0.5) is 0 Å². The Labute approximate surface area is 181 Å². The summed E-state index contributed by atoms with van der Waals surface area (Å²) in [5, 5.41) is 12.1. The third-order valence-corrected chi connectivity index (χ3v) is 5.70. The van der Waals surface area contributed by atoms with Crippen LogP contribution >= 0.6 is 0 Å². The molecular formula is C24H26N4O3. The second-order valence-corrected chi connectivity index (χ2v) is 8.11. The number of aliphatic hydroxyl groups is 1. The van der Waals surface area contributed by atoms with E-state index in [4.69, 9.17) is 0 Å². The third kappa shape index (κ3) is 3.72. The largest absolute Gasteiger partial charge is 0.507 e. The number of carbonyl (C=O) groups is 2. The fourth-order valence-corrected chi connectivity index (χ4v) is 4.23. The predicted molar refractivity (Wildman–Crippen MR) is 119 cm³/mol. The van der Waals surface area contributed by atoms with Crippen LogP contribution in [0.25, 0.3) is 16.7 Å². The highest BCUT2D eigenvalue weighted by molar-refractivity contribution is 6.46. The molecule has 1 N–H and O–H groups in total. The van der Waals surface area contributed by atoms with Crippen LogP contribution in [-0.2, 0) is 16.6 Å². The molecule has 0 aliphatic carbocycles. The van der Waals surface area contributed by atoms with Crippen LogP contribution in [0, 0.1) is 0 Å². The van der Waals surface area contributed by atoms with Gasteiger partial charge in [0.25, 0.3) is 11.7 Å². The number of hydrogen-bond donors (Lipinski definition) is 1. The molecule has 0 unspecified atom stereocenters. The molecule has 160 valence electrons. The lowest BCUT2D eigenvalue weighted by atomic mass is 9.96. The third-order valence-electron chi connectivity index (χ3n) is 5.70. The number of aliphatic hydroxyl groups excluding tert-OH is 1. The van der Waals surface area contributed by atoms with Gasteiger partial charge in [-0.3, -0.25) is 14.6 Å². The number of aromatic nitrogens is 2. The van der Waals surface area contributed by atoms with Crippen molar-refractivity contribution < 1.29 is 14.7 Å². The number of likely N-dealkylation sites (tertiary alicyclic amines) is 1. The number of aryl methyl sites for hydroxylation is 1. The number of pyridine rings is 1. The second kappa shape index (κ2) is 8.35. The van der Waals surface area contributed by atoms with E-state index in [2.05, 4.69) is 4.98 Å². The molecule has 0 radical (unpaired) electrons. The standard InChI is InChI=1S/C24H26N4O3/c1-26(2)12-7-13-28-21(16-8-6-11-25-14-16)20(23(30)24(28)31)22(29)18-15-27(3)19-10-5-4-9-17(18)19/h4-6,8-11,14-15,21,29H,7,12-13H2,1-3H3/b22-20+/t21-/m1/s1. The maximum atomic E-state index is 13.1. The molecule has 4 rings (SSSR count). The van der Waals surface area contributed by atoms with Gasteiger partial charge in [0.1, 0.15) is 5.76 Å². The van der Waals surface area contributed by atoms with E-state index in [0.717, 1.165) is 17.4 Å². The Morgan fingerprint density at radius 3 is 2.65 bits per heavy atom. The van der Waals surface area contributed by atoms with Gasteiger partial charge in [0.2, 0.25) is 0 Å². The Kier molecular flexibility index (Phi) is 5.61. The minimum absolute atomic E-state index is 0.110. The quantitative estimate of drug-likeness (QED) is 0.378. The zero-order valence-electron chi connectivity index (χ0n) is 17.9.